The standard InChI is InChI=1S/C28H31NO3/c1-6-21-22(7-2)24(27(30)29-26-17(3)12-11-13-18(26)4)19(5)25(28(31)32)23(21)16-20-14-9-8-10-15-20/h8-15H,6-7,16H2,1-5H3,(H,29,30)(H,31,32). The van der Waals surface area contributed by atoms with Crippen LogP contribution in [0.2, 0.25) is 0 Å². The smallest absolute Gasteiger partial charge is 0.336 e. The summed E-state index contributed by atoms with van der Waals surface area (Å²) in [5.41, 5.74) is 7.76. The summed E-state index contributed by atoms with van der Waals surface area (Å²) >= 11 is 0. The Balaban J connectivity index is 2.22. The highest BCUT2D eigenvalue weighted by molar-refractivity contribution is 6.09. The Hall–Kier alpha value is -3.40. The van der Waals surface area contributed by atoms with Crippen molar-refractivity contribution in [3.63, 3.8) is 0 Å². The van der Waals surface area contributed by atoms with E-state index in [1.54, 1.807) is 6.92 Å². The van der Waals surface area contributed by atoms with E-state index in [0.717, 1.165) is 39.1 Å². The topological polar surface area (TPSA) is 66.4 Å². The molecule has 3 aromatic rings. The molecule has 2 N–H and O–H groups in total. The van der Waals surface area contributed by atoms with Gasteiger partial charge in [0.2, 0.25) is 0 Å². The minimum Gasteiger partial charge on any atom is -0.478 e. The number of nitrogens with one attached hydrogen (secondary N) is 1. The SMILES string of the molecule is CCc1c(Cc2ccccc2)c(C(=O)O)c(C)c(C(=O)Nc2c(C)cccc2C)c1CC. The van der Waals surface area contributed by atoms with Gasteiger partial charge in [-0.05, 0) is 79.0 Å². The van der Waals surface area contributed by atoms with Crippen molar-refractivity contribution in [2.24, 2.45) is 0 Å². The molecule has 1 amide bonds. The van der Waals surface area contributed by atoms with E-state index in [1.807, 2.05) is 76.2 Å². The minimum absolute atomic E-state index is 0.245. The third-order valence-electron chi connectivity index (χ3n) is 6.17. The first-order valence-corrected chi connectivity index (χ1v) is 11.1. The van der Waals surface area contributed by atoms with E-state index >= 15 is 0 Å². The summed E-state index contributed by atoms with van der Waals surface area (Å²) in [7, 11) is 0. The number of carboxylic acid groups (broad SMARTS) is 1. The average molecular weight is 430 g/mol. The average Bonchev–Trinajstić information content (AvgIpc) is 2.76. The third-order valence-corrected chi connectivity index (χ3v) is 6.17. The van der Waals surface area contributed by atoms with Crippen LogP contribution in [0.1, 0.15) is 73.5 Å². The number of carbonyl (C=O) groups excluding carboxylic acids is 1. The Morgan fingerprint density at radius 3 is 1.91 bits per heavy atom. The predicted octanol–water partition coefficient (Wildman–Crippen LogP) is 6.28. The molecule has 0 aliphatic rings. The molecule has 0 spiro atoms. The maximum absolute atomic E-state index is 13.5. The van der Waals surface area contributed by atoms with Crippen LogP contribution in [0, 0.1) is 20.8 Å². The van der Waals surface area contributed by atoms with Gasteiger partial charge < -0.3 is 10.4 Å². The van der Waals surface area contributed by atoms with Crippen LogP contribution in [0.3, 0.4) is 0 Å². The molecule has 4 nitrogen and oxygen atoms in total. The molecule has 0 saturated carbocycles. The first kappa shape index (κ1) is 23.3. The molecule has 32 heavy (non-hydrogen) atoms. The number of para-hydroxylation sites is 1. The Kier molecular flexibility index (Phi) is 7.14. The molecule has 4 heteroatoms. The fourth-order valence-electron chi connectivity index (χ4n) is 4.66. The van der Waals surface area contributed by atoms with Crippen molar-refractivity contribution in [2.75, 3.05) is 5.32 Å². The largest absolute Gasteiger partial charge is 0.478 e. The summed E-state index contributed by atoms with van der Waals surface area (Å²) in [6.07, 6.45) is 1.84. The molecule has 166 valence electrons. The Morgan fingerprint density at radius 1 is 0.781 bits per heavy atom. The van der Waals surface area contributed by atoms with Crippen LogP contribution >= 0.6 is 0 Å². The van der Waals surface area contributed by atoms with E-state index in [-0.39, 0.29) is 11.5 Å². The van der Waals surface area contributed by atoms with Crippen molar-refractivity contribution >= 4 is 17.6 Å². The zero-order valence-corrected chi connectivity index (χ0v) is 19.5. The number of aryl methyl sites for hydroxylation is 2. The summed E-state index contributed by atoms with van der Waals surface area (Å²) in [4.78, 5) is 25.9. The van der Waals surface area contributed by atoms with Crippen molar-refractivity contribution < 1.29 is 14.7 Å². The normalized spacial score (nSPS) is 10.8. The predicted molar refractivity (Wildman–Crippen MR) is 130 cm³/mol. The van der Waals surface area contributed by atoms with Gasteiger partial charge in [0.25, 0.3) is 5.91 Å². The zero-order valence-electron chi connectivity index (χ0n) is 19.5. The molecule has 0 aliphatic heterocycles. The number of anilines is 1. The van der Waals surface area contributed by atoms with Gasteiger partial charge in [0.15, 0.2) is 0 Å². The molecule has 0 unspecified atom stereocenters. The van der Waals surface area contributed by atoms with Crippen LogP contribution in [-0.2, 0) is 19.3 Å². The van der Waals surface area contributed by atoms with Gasteiger partial charge in [-0.25, -0.2) is 4.79 Å². The van der Waals surface area contributed by atoms with Crippen LogP contribution in [-0.4, -0.2) is 17.0 Å². The number of rotatable bonds is 7. The quantitative estimate of drug-likeness (QED) is 0.465. The van der Waals surface area contributed by atoms with Crippen molar-refractivity contribution in [1.82, 2.24) is 0 Å². The molecular formula is C28H31NO3. The number of carboxylic acids is 1. The molecule has 0 aliphatic carbocycles. The highest BCUT2D eigenvalue weighted by Crippen LogP contribution is 2.32. The molecule has 0 radical (unpaired) electrons. The van der Waals surface area contributed by atoms with Gasteiger partial charge in [-0.2, -0.15) is 0 Å². The monoisotopic (exact) mass is 429 g/mol. The molecule has 0 bridgehead atoms. The summed E-state index contributed by atoms with van der Waals surface area (Å²) in [5, 5.41) is 13.2. The highest BCUT2D eigenvalue weighted by Gasteiger charge is 2.27. The van der Waals surface area contributed by atoms with Crippen molar-refractivity contribution in [3.05, 3.63) is 98.6 Å². The Labute approximate surface area is 190 Å². The lowest BCUT2D eigenvalue weighted by atomic mass is 9.82. The number of carbonyl (C=O) groups is 2. The number of hydrogen-bond acceptors (Lipinski definition) is 2. The Morgan fingerprint density at radius 2 is 1.38 bits per heavy atom. The van der Waals surface area contributed by atoms with Gasteiger partial charge in [-0.15, -0.1) is 0 Å². The maximum atomic E-state index is 13.5. The first-order chi connectivity index (χ1) is 15.3. The van der Waals surface area contributed by atoms with Crippen LogP contribution in [0.25, 0.3) is 0 Å². The van der Waals surface area contributed by atoms with E-state index in [1.165, 1.54) is 0 Å². The fraction of sp³-hybridized carbons (Fsp3) is 0.286. The van der Waals surface area contributed by atoms with E-state index in [2.05, 4.69) is 5.32 Å². The maximum Gasteiger partial charge on any atom is 0.336 e. The highest BCUT2D eigenvalue weighted by atomic mass is 16.4. The van der Waals surface area contributed by atoms with Crippen LogP contribution in [0.4, 0.5) is 5.69 Å². The van der Waals surface area contributed by atoms with Gasteiger partial charge in [0.05, 0.1) is 5.56 Å². The van der Waals surface area contributed by atoms with Gasteiger partial charge in [-0.3, -0.25) is 4.79 Å². The van der Waals surface area contributed by atoms with Crippen LogP contribution in [0.15, 0.2) is 48.5 Å². The zero-order chi connectivity index (χ0) is 23.4. The lowest BCUT2D eigenvalue weighted by molar-refractivity contribution is 0.0695. The molecular weight excluding hydrogens is 398 g/mol. The van der Waals surface area contributed by atoms with E-state index in [9.17, 15) is 14.7 Å². The van der Waals surface area contributed by atoms with Gasteiger partial charge in [-0.1, -0.05) is 62.4 Å². The molecule has 3 aromatic carbocycles. The second-order valence-electron chi connectivity index (χ2n) is 8.21. The van der Waals surface area contributed by atoms with Crippen molar-refractivity contribution in [1.29, 1.82) is 0 Å². The number of aromatic carboxylic acids is 1. The van der Waals surface area contributed by atoms with Gasteiger partial charge in [0, 0.05) is 11.3 Å². The molecule has 0 atom stereocenters. The van der Waals surface area contributed by atoms with E-state index in [0.29, 0.717) is 30.4 Å². The van der Waals surface area contributed by atoms with Crippen molar-refractivity contribution in [2.45, 2.75) is 53.9 Å². The summed E-state index contributed by atoms with van der Waals surface area (Å²) in [6, 6.07) is 15.8. The molecule has 0 aromatic heterocycles. The molecule has 0 fully saturated rings. The lowest BCUT2D eigenvalue weighted by Crippen LogP contribution is -2.22. The van der Waals surface area contributed by atoms with Crippen LogP contribution < -0.4 is 5.32 Å². The van der Waals surface area contributed by atoms with Gasteiger partial charge in [0.1, 0.15) is 0 Å². The fourth-order valence-corrected chi connectivity index (χ4v) is 4.66. The first-order valence-electron chi connectivity index (χ1n) is 11.1. The van der Waals surface area contributed by atoms with Crippen molar-refractivity contribution in [3.8, 4) is 0 Å². The van der Waals surface area contributed by atoms with Gasteiger partial charge >= 0.3 is 5.97 Å². The number of benzene rings is 3. The summed E-state index contributed by atoms with van der Waals surface area (Å²) < 4.78 is 0. The second-order valence-corrected chi connectivity index (χ2v) is 8.21. The molecule has 0 heterocycles. The Bertz CT molecular complexity index is 1140. The van der Waals surface area contributed by atoms with E-state index in [4.69, 9.17) is 0 Å². The number of hydrogen-bond donors (Lipinski definition) is 2. The third kappa shape index (κ3) is 4.45. The van der Waals surface area contributed by atoms with Crippen LogP contribution in [0.5, 0.6) is 0 Å². The summed E-state index contributed by atoms with van der Waals surface area (Å²) in [6.45, 7) is 9.72. The van der Waals surface area contributed by atoms with E-state index < -0.39 is 5.97 Å². The molecule has 3 rings (SSSR count). The molecule has 0 saturated heterocycles. The second kappa shape index (κ2) is 9.82. The minimum atomic E-state index is -0.994. The lowest BCUT2D eigenvalue weighted by Gasteiger charge is -2.23. The summed E-state index contributed by atoms with van der Waals surface area (Å²) in [5.74, 6) is -1.24. The number of amides is 1.